The maximum atomic E-state index is 13.7. The predicted octanol–water partition coefficient (Wildman–Crippen LogP) is 3.10. The topological polar surface area (TPSA) is 87.7 Å². The third-order valence-electron chi connectivity index (χ3n) is 3.78. The van der Waals surface area contributed by atoms with Gasteiger partial charge in [0.05, 0.1) is 11.4 Å². The molecule has 0 aromatic heterocycles. The molecule has 0 saturated carbocycles. The summed E-state index contributed by atoms with van der Waals surface area (Å²) in [5.41, 5.74) is 0.737. The molecule has 0 saturated heterocycles. The van der Waals surface area contributed by atoms with Crippen LogP contribution >= 0.6 is 11.6 Å². The van der Waals surface area contributed by atoms with E-state index in [-0.39, 0.29) is 27.0 Å². The van der Waals surface area contributed by atoms with Crippen molar-refractivity contribution in [3.8, 4) is 5.75 Å². The predicted molar refractivity (Wildman–Crippen MR) is 93.1 cm³/mol. The summed E-state index contributed by atoms with van der Waals surface area (Å²) in [6.45, 7) is 3.17. The van der Waals surface area contributed by atoms with Crippen LogP contribution in [0.2, 0.25) is 5.02 Å². The second-order valence-corrected chi connectivity index (χ2v) is 7.85. The Bertz CT molecular complexity index is 936. The Hall–Kier alpha value is -2.03. The second-order valence-electron chi connectivity index (χ2n) is 5.76. The van der Waals surface area contributed by atoms with Crippen molar-refractivity contribution in [1.82, 2.24) is 0 Å². The van der Waals surface area contributed by atoms with Crippen molar-refractivity contribution in [3.63, 3.8) is 0 Å². The highest BCUT2D eigenvalue weighted by atomic mass is 35.5. The molecule has 0 radical (unpaired) electrons. The first-order chi connectivity index (χ1) is 11.7. The lowest BCUT2D eigenvalue weighted by Crippen LogP contribution is -2.39. The highest BCUT2D eigenvalue weighted by molar-refractivity contribution is 7.92. The fourth-order valence-electron chi connectivity index (χ4n) is 2.39. The number of aryl methyl sites for hydroxylation is 1. The molecule has 0 spiro atoms. The normalized spacial score (nSPS) is 19.6. The van der Waals surface area contributed by atoms with Gasteiger partial charge in [0.25, 0.3) is 10.0 Å². The SMILES string of the molecule is Cc1ccc(NS(=O)(=O)c2cc(Cl)cc3c2OC(C)C(O)N3)cc1F. The summed E-state index contributed by atoms with van der Waals surface area (Å²) in [6, 6.07) is 6.71. The molecule has 25 heavy (non-hydrogen) atoms. The molecule has 3 N–H and O–H groups in total. The van der Waals surface area contributed by atoms with Gasteiger partial charge in [0.2, 0.25) is 0 Å². The smallest absolute Gasteiger partial charge is 0.265 e. The van der Waals surface area contributed by atoms with Gasteiger partial charge in [-0.15, -0.1) is 0 Å². The van der Waals surface area contributed by atoms with E-state index in [0.29, 0.717) is 5.56 Å². The molecule has 2 aromatic rings. The van der Waals surface area contributed by atoms with Crippen LogP contribution in [0.3, 0.4) is 0 Å². The van der Waals surface area contributed by atoms with Crippen molar-refractivity contribution >= 4 is 33.0 Å². The van der Waals surface area contributed by atoms with Gasteiger partial charge in [-0.25, -0.2) is 12.8 Å². The molecule has 0 bridgehead atoms. The third-order valence-corrected chi connectivity index (χ3v) is 5.39. The Kier molecular flexibility index (Phi) is 4.52. The van der Waals surface area contributed by atoms with Gasteiger partial charge in [-0.05, 0) is 43.7 Å². The quantitative estimate of drug-likeness (QED) is 0.754. The van der Waals surface area contributed by atoms with Gasteiger partial charge in [-0.2, -0.15) is 0 Å². The van der Waals surface area contributed by atoms with Crippen molar-refractivity contribution in [3.05, 3.63) is 46.7 Å². The zero-order valence-corrected chi connectivity index (χ0v) is 15.0. The minimum Gasteiger partial charge on any atom is -0.482 e. The minimum absolute atomic E-state index is 0.0438. The zero-order chi connectivity index (χ0) is 18.4. The van der Waals surface area contributed by atoms with E-state index in [2.05, 4.69) is 10.0 Å². The van der Waals surface area contributed by atoms with Crippen LogP contribution in [0, 0.1) is 12.7 Å². The Balaban J connectivity index is 2.04. The fourth-order valence-corrected chi connectivity index (χ4v) is 3.90. The molecule has 6 nitrogen and oxygen atoms in total. The van der Waals surface area contributed by atoms with Crippen molar-refractivity contribution < 1.29 is 22.7 Å². The highest BCUT2D eigenvalue weighted by Gasteiger charge is 2.31. The van der Waals surface area contributed by atoms with Crippen molar-refractivity contribution in [2.24, 2.45) is 0 Å². The number of sulfonamides is 1. The number of aliphatic hydroxyl groups is 1. The number of aliphatic hydroxyl groups excluding tert-OH is 1. The Morgan fingerprint density at radius 1 is 1.32 bits per heavy atom. The van der Waals surface area contributed by atoms with E-state index in [0.717, 1.165) is 6.07 Å². The van der Waals surface area contributed by atoms with Gasteiger partial charge in [-0.3, -0.25) is 4.72 Å². The molecule has 2 unspecified atom stereocenters. The summed E-state index contributed by atoms with van der Waals surface area (Å²) in [5, 5.41) is 12.7. The molecule has 2 atom stereocenters. The van der Waals surface area contributed by atoms with Crippen LogP contribution in [0.5, 0.6) is 5.75 Å². The van der Waals surface area contributed by atoms with Gasteiger partial charge < -0.3 is 15.2 Å². The molecule has 0 fully saturated rings. The van der Waals surface area contributed by atoms with Crippen LogP contribution in [0.1, 0.15) is 12.5 Å². The number of halogens is 2. The molecule has 134 valence electrons. The zero-order valence-electron chi connectivity index (χ0n) is 13.4. The number of hydrogen-bond acceptors (Lipinski definition) is 5. The lowest BCUT2D eigenvalue weighted by molar-refractivity contribution is 0.0547. The summed E-state index contributed by atoms with van der Waals surface area (Å²) >= 11 is 5.99. The van der Waals surface area contributed by atoms with Crippen molar-refractivity contribution in [2.45, 2.75) is 31.1 Å². The van der Waals surface area contributed by atoms with Crippen LogP contribution in [0.4, 0.5) is 15.8 Å². The first-order valence-electron chi connectivity index (χ1n) is 7.41. The van der Waals surface area contributed by atoms with Gasteiger partial charge in [-0.1, -0.05) is 17.7 Å². The summed E-state index contributed by atoms with van der Waals surface area (Å²) in [5.74, 6) is -0.481. The Morgan fingerprint density at radius 3 is 2.72 bits per heavy atom. The van der Waals surface area contributed by atoms with Crippen LogP contribution in [0.25, 0.3) is 0 Å². The van der Waals surface area contributed by atoms with Gasteiger partial charge in [0, 0.05) is 5.02 Å². The number of anilines is 2. The first kappa shape index (κ1) is 17.8. The van der Waals surface area contributed by atoms with Crippen molar-refractivity contribution in [1.29, 1.82) is 0 Å². The summed E-state index contributed by atoms with van der Waals surface area (Å²) < 4.78 is 47.0. The molecule has 0 aliphatic carbocycles. The van der Waals surface area contributed by atoms with E-state index >= 15 is 0 Å². The summed E-state index contributed by atoms with van der Waals surface area (Å²) in [6.07, 6.45) is -1.67. The van der Waals surface area contributed by atoms with E-state index in [4.69, 9.17) is 16.3 Å². The molecular formula is C16H16ClFN2O4S. The average Bonchev–Trinajstić information content (AvgIpc) is 2.51. The lowest BCUT2D eigenvalue weighted by Gasteiger charge is -2.31. The molecule has 1 heterocycles. The molecule has 0 amide bonds. The minimum atomic E-state index is -4.10. The number of fused-ring (bicyclic) bond motifs is 1. The summed E-state index contributed by atoms with van der Waals surface area (Å²) in [7, 11) is -4.10. The molecule has 3 rings (SSSR count). The molecule has 1 aliphatic heterocycles. The average molecular weight is 387 g/mol. The summed E-state index contributed by atoms with van der Waals surface area (Å²) in [4.78, 5) is -0.206. The van der Waals surface area contributed by atoms with Crippen LogP contribution in [-0.2, 0) is 10.0 Å². The molecule has 9 heteroatoms. The van der Waals surface area contributed by atoms with Crippen LogP contribution in [-0.4, -0.2) is 25.9 Å². The van der Waals surface area contributed by atoms with E-state index in [1.165, 1.54) is 24.3 Å². The van der Waals surface area contributed by atoms with E-state index in [1.54, 1.807) is 13.8 Å². The monoisotopic (exact) mass is 386 g/mol. The Morgan fingerprint density at radius 2 is 2.04 bits per heavy atom. The largest absolute Gasteiger partial charge is 0.482 e. The maximum Gasteiger partial charge on any atom is 0.265 e. The molecule has 1 aliphatic rings. The maximum absolute atomic E-state index is 13.7. The van der Waals surface area contributed by atoms with Gasteiger partial charge in [0.15, 0.2) is 12.0 Å². The highest BCUT2D eigenvalue weighted by Crippen LogP contribution is 2.40. The number of benzene rings is 2. The van der Waals surface area contributed by atoms with E-state index < -0.39 is 28.2 Å². The molecule has 2 aromatic carbocycles. The number of ether oxygens (including phenoxy) is 1. The van der Waals surface area contributed by atoms with Gasteiger partial charge in [0.1, 0.15) is 16.8 Å². The fraction of sp³-hybridized carbons (Fsp3) is 0.250. The van der Waals surface area contributed by atoms with Crippen LogP contribution in [0.15, 0.2) is 35.2 Å². The van der Waals surface area contributed by atoms with Crippen molar-refractivity contribution in [2.75, 3.05) is 10.0 Å². The number of nitrogens with one attached hydrogen (secondary N) is 2. The standard InChI is InChI=1S/C16H16ClFN2O4S/c1-8-3-4-11(7-12(8)18)20-25(22,23)14-6-10(17)5-13-15(14)24-9(2)16(21)19-13/h3-7,9,16,19-21H,1-2H3. The number of rotatable bonds is 3. The van der Waals surface area contributed by atoms with Crippen LogP contribution < -0.4 is 14.8 Å². The second kappa shape index (κ2) is 6.36. The Labute approximate surface area is 149 Å². The van der Waals surface area contributed by atoms with E-state index in [1.807, 2.05) is 0 Å². The van der Waals surface area contributed by atoms with E-state index in [9.17, 15) is 17.9 Å². The lowest BCUT2D eigenvalue weighted by atomic mass is 10.2. The first-order valence-corrected chi connectivity index (χ1v) is 9.27. The van der Waals surface area contributed by atoms with Gasteiger partial charge >= 0.3 is 0 Å². The number of hydrogen-bond donors (Lipinski definition) is 3. The molecular weight excluding hydrogens is 371 g/mol. The third kappa shape index (κ3) is 3.51.